The van der Waals surface area contributed by atoms with Crippen LogP contribution in [0.3, 0.4) is 0 Å². The number of hydrogen-bond donors (Lipinski definition) is 0. The van der Waals surface area contributed by atoms with E-state index in [9.17, 15) is 4.39 Å². The van der Waals surface area contributed by atoms with E-state index in [0.717, 1.165) is 33.2 Å². The van der Waals surface area contributed by atoms with E-state index in [2.05, 4.69) is 42.8 Å². The van der Waals surface area contributed by atoms with Crippen molar-refractivity contribution in [3.05, 3.63) is 65.6 Å². The number of benzene rings is 2. The van der Waals surface area contributed by atoms with Crippen LogP contribution in [-0.2, 0) is 7.05 Å². The number of fused-ring (bicyclic) bond motifs is 3. The van der Waals surface area contributed by atoms with Crippen LogP contribution in [0.2, 0.25) is 0 Å². The molecule has 0 N–H and O–H groups in total. The Kier molecular flexibility index (Phi) is 2.98. The number of pyridine rings is 1. The minimum atomic E-state index is -0.320. The minimum Gasteiger partial charge on any atom is -0.453 e. The van der Waals surface area contributed by atoms with Crippen molar-refractivity contribution in [1.82, 2.24) is 0 Å². The van der Waals surface area contributed by atoms with Gasteiger partial charge >= 0.3 is 0 Å². The maximum absolute atomic E-state index is 14.0. The van der Waals surface area contributed by atoms with E-state index in [1.54, 1.807) is 6.07 Å². The van der Waals surface area contributed by atoms with Gasteiger partial charge < -0.3 is 4.42 Å². The molecule has 2 nitrogen and oxygen atoms in total. The van der Waals surface area contributed by atoms with Gasteiger partial charge in [-0.3, -0.25) is 0 Å². The summed E-state index contributed by atoms with van der Waals surface area (Å²) in [7, 11) is 2.03. The summed E-state index contributed by atoms with van der Waals surface area (Å²) in [6.45, 7) is 4.14. The predicted octanol–water partition coefficient (Wildman–Crippen LogP) is 4.83. The monoisotopic (exact) mass is 306 g/mol. The van der Waals surface area contributed by atoms with Crippen molar-refractivity contribution in [3.63, 3.8) is 0 Å². The van der Waals surface area contributed by atoms with Gasteiger partial charge in [0.05, 0.1) is 0 Å². The van der Waals surface area contributed by atoms with Crippen molar-refractivity contribution < 1.29 is 13.4 Å². The van der Waals surface area contributed by atoms with Crippen molar-refractivity contribution in [2.24, 2.45) is 7.05 Å². The number of aromatic nitrogens is 1. The van der Waals surface area contributed by atoms with Crippen LogP contribution < -0.4 is 4.57 Å². The lowest BCUT2D eigenvalue weighted by atomic mass is 10.0. The third-order valence-electron chi connectivity index (χ3n) is 4.38. The fourth-order valence-electron chi connectivity index (χ4n) is 3.13. The summed E-state index contributed by atoms with van der Waals surface area (Å²) in [4.78, 5) is 0. The number of furan rings is 1. The minimum absolute atomic E-state index is 0.320. The van der Waals surface area contributed by atoms with E-state index >= 15 is 0 Å². The number of nitrogens with zero attached hydrogens (tertiary/aromatic N) is 1. The molecule has 0 atom stereocenters. The van der Waals surface area contributed by atoms with Crippen molar-refractivity contribution in [1.29, 1.82) is 0 Å². The molecule has 0 radical (unpaired) electrons. The standard InChI is InChI=1S/C20H17FNO/c1-12-7-8-22(3)18(9-12)15-11-16-14-5-4-6-17(21)20(14)23-19(16)10-13(15)2/h4-11H,1-3H3/q+1. The van der Waals surface area contributed by atoms with Gasteiger partial charge in [-0.2, -0.15) is 0 Å². The summed E-state index contributed by atoms with van der Waals surface area (Å²) in [5, 5.41) is 1.76. The molecular formula is C20H17FNO+. The molecule has 2 aromatic carbocycles. The Bertz CT molecular complexity index is 1060. The second-order valence-corrected chi connectivity index (χ2v) is 6.08. The molecule has 2 aromatic heterocycles. The third kappa shape index (κ3) is 2.12. The second-order valence-electron chi connectivity index (χ2n) is 6.08. The molecule has 0 aliphatic rings. The van der Waals surface area contributed by atoms with Crippen LogP contribution in [0.25, 0.3) is 33.2 Å². The van der Waals surface area contributed by atoms with Gasteiger partial charge in [0.15, 0.2) is 17.6 Å². The van der Waals surface area contributed by atoms with E-state index in [1.807, 2.05) is 19.2 Å². The van der Waals surface area contributed by atoms with E-state index in [1.165, 1.54) is 11.6 Å². The predicted molar refractivity (Wildman–Crippen MR) is 89.8 cm³/mol. The summed E-state index contributed by atoms with van der Waals surface area (Å²) in [6.07, 6.45) is 2.06. The van der Waals surface area contributed by atoms with E-state index in [0.29, 0.717) is 5.58 Å². The smallest absolute Gasteiger partial charge is 0.212 e. The largest absolute Gasteiger partial charge is 0.453 e. The van der Waals surface area contributed by atoms with E-state index in [4.69, 9.17) is 4.42 Å². The highest BCUT2D eigenvalue weighted by Gasteiger charge is 2.17. The Morgan fingerprint density at radius 2 is 1.83 bits per heavy atom. The molecule has 114 valence electrons. The first-order valence-corrected chi connectivity index (χ1v) is 7.62. The molecule has 23 heavy (non-hydrogen) atoms. The maximum Gasteiger partial charge on any atom is 0.212 e. The summed E-state index contributed by atoms with van der Waals surface area (Å²) in [6, 6.07) is 13.4. The molecule has 3 heteroatoms. The first-order chi connectivity index (χ1) is 11.0. The van der Waals surface area contributed by atoms with Gasteiger partial charge in [-0.1, -0.05) is 12.1 Å². The van der Waals surface area contributed by atoms with Crippen LogP contribution in [0.5, 0.6) is 0 Å². The molecule has 0 amide bonds. The summed E-state index contributed by atoms with van der Waals surface area (Å²) < 4.78 is 21.8. The lowest BCUT2D eigenvalue weighted by molar-refractivity contribution is -0.660. The molecule has 0 fully saturated rings. The van der Waals surface area contributed by atoms with Crippen molar-refractivity contribution in [3.8, 4) is 11.3 Å². The molecule has 0 aliphatic heterocycles. The number of halogens is 1. The molecule has 0 unspecified atom stereocenters. The molecule has 0 saturated carbocycles. The van der Waals surface area contributed by atoms with Gasteiger partial charge in [0, 0.05) is 28.5 Å². The Labute approximate surface area is 133 Å². The molecule has 2 heterocycles. The topological polar surface area (TPSA) is 17.0 Å². The fourth-order valence-corrected chi connectivity index (χ4v) is 3.13. The molecule has 0 saturated heterocycles. The normalized spacial score (nSPS) is 11.5. The number of para-hydroxylation sites is 1. The van der Waals surface area contributed by atoms with Gasteiger partial charge in [-0.15, -0.1) is 0 Å². The highest BCUT2D eigenvalue weighted by molar-refractivity contribution is 6.06. The molecular weight excluding hydrogens is 289 g/mol. The van der Waals surface area contributed by atoms with Gasteiger partial charge in [-0.25, -0.2) is 8.96 Å². The van der Waals surface area contributed by atoms with Crippen LogP contribution in [0, 0.1) is 19.7 Å². The Balaban J connectivity index is 2.08. The Hall–Kier alpha value is -2.68. The average Bonchev–Trinajstić information content (AvgIpc) is 2.88. The molecule has 0 bridgehead atoms. The van der Waals surface area contributed by atoms with Crippen molar-refractivity contribution in [2.45, 2.75) is 13.8 Å². The number of aryl methyl sites for hydroxylation is 3. The lowest BCUT2D eigenvalue weighted by Crippen LogP contribution is -2.30. The summed E-state index contributed by atoms with van der Waals surface area (Å²) >= 11 is 0. The zero-order valence-electron chi connectivity index (χ0n) is 13.4. The highest BCUT2D eigenvalue weighted by atomic mass is 19.1. The van der Waals surface area contributed by atoms with Gasteiger partial charge in [0.25, 0.3) is 0 Å². The van der Waals surface area contributed by atoms with Gasteiger partial charge in [-0.05, 0) is 43.2 Å². The third-order valence-corrected chi connectivity index (χ3v) is 4.38. The van der Waals surface area contributed by atoms with Gasteiger partial charge in [0.2, 0.25) is 5.69 Å². The molecule has 4 rings (SSSR count). The zero-order chi connectivity index (χ0) is 16.1. The lowest BCUT2D eigenvalue weighted by Gasteiger charge is -2.05. The van der Waals surface area contributed by atoms with Crippen LogP contribution >= 0.6 is 0 Å². The van der Waals surface area contributed by atoms with Crippen LogP contribution in [0.15, 0.2) is 53.1 Å². The average molecular weight is 306 g/mol. The van der Waals surface area contributed by atoms with E-state index in [-0.39, 0.29) is 5.82 Å². The number of hydrogen-bond acceptors (Lipinski definition) is 1. The van der Waals surface area contributed by atoms with Gasteiger partial charge in [0.1, 0.15) is 12.6 Å². The van der Waals surface area contributed by atoms with Crippen LogP contribution in [0.1, 0.15) is 11.1 Å². The number of rotatable bonds is 1. The van der Waals surface area contributed by atoms with Crippen LogP contribution in [-0.4, -0.2) is 0 Å². The SMILES string of the molecule is Cc1cc[n+](C)c(-c2cc3c(cc2C)oc2c(F)cccc23)c1. The zero-order valence-corrected chi connectivity index (χ0v) is 13.4. The first kappa shape index (κ1) is 13.9. The second kappa shape index (κ2) is 4.92. The Morgan fingerprint density at radius 1 is 1.00 bits per heavy atom. The van der Waals surface area contributed by atoms with Crippen molar-refractivity contribution >= 4 is 21.9 Å². The summed E-state index contributed by atoms with van der Waals surface area (Å²) in [5.74, 6) is -0.320. The molecule has 0 spiro atoms. The Morgan fingerprint density at radius 3 is 2.65 bits per heavy atom. The molecule has 4 aromatic rings. The van der Waals surface area contributed by atoms with Crippen molar-refractivity contribution in [2.75, 3.05) is 0 Å². The van der Waals surface area contributed by atoms with E-state index < -0.39 is 0 Å². The highest BCUT2D eigenvalue weighted by Crippen LogP contribution is 2.34. The summed E-state index contributed by atoms with van der Waals surface area (Å²) in [5.41, 5.74) is 5.64. The quantitative estimate of drug-likeness (QED) is 0.460. The molecule has 0 aliphatic carbocycles. The maximum atomic E-state index is 14.0. The fraction of sp³-hybridized carbons (Fsp3) is 0.150. The van der Waals surface area contributed by atoms with Crippen LogP contribution in [0.4, 0.5) is 4.39 Å². The first-order valence-electron chi connectivity index (χ1n) is 7.62.